The fourth-order valence-electron chi connectivity index (χ4n) is 3.19. The molecule has 0 aromatic heterocycles. The summed E-state index contributed by atoms with van der Waals surface area (Å²) in [6, 6.07) is 12.0. The van der Waals surface area contributed by atoms with Crippen LogP contribution < -0.4 is 20.1 Å². The van der Waals surface area contributed by atoms with Gasteiger partial charge in [0.2, 0.25) is 5.91 Å². The second-order valence-electron chi connectivity index (χ2n) is 7.86. The van der Waals surface area contributed by atoms with Crippen molar-refractivity contribution >= 4 is 11.8 Å². The topological polar surface area (TPSA) is 76.7 Å². The zero-order valence-corrected chi connectivity index (χ0v) is 19.3. The highest BCUT2D eigenvalue weighted by Gasteiger charge is 2.26. The lowest BCUT2D eigenvalue weighted by Gasteiger charge is -2.24. The van der Waals surface area contributed by atoms with Gasteiger partial charge in [-0.2, -0.15) is 0 Å². The van der Waals surface area contributed by atoms with Crippen molar-refractivity contribution in [1.29, 1.82) is 0 Å². The molecular formula is C25H34N2O4. The van der Waals surface area contributed by atoms with Crippen molar-refractivity contribution < 1.29 is 19.1 Å². The van der Waals surface area contributed by atoms with E-state index in [2.05, 4.69) is 10.6 Å². The summed E-state index contributed by atoms with van der Waals surface area (Å²) in [7, 11) is 0. The molecule has 0 aliphatic rings. The van der Waals surface area contributed by atoms with Crippen molar-refractivity contribution in [3.8, 4) is 11.5 Å². The number of aryl methyl sites for hydroxylation is 1. The van der Waals surface area contributed by atoms with Crippen LogP contribution in [0.15, 0.2) is 42.5 Å². The highest BCUT2D eigenvalue weighted by molar-refractivity contribution is 5.97. The first kappa shape index (κ1) is 24.3. The number of ether oxygens (including phenoxy) is 2. The van der Waals surface area contributed by atoms with Crippen molar-refractivity contribution in [2.75, 3.05) is 13.2 Å². The first-order valence-electron chi connectivity index (χ1n) is 10.8. The Morgan fingerprint density at radius 2 is 1.48 bits per heavy atom. The van der Waals surface area contributed by atoms with Crippen molar-refractivity contribution in [3.05, 3.63) is 59.2 Å². The van der Waals surface area contributed by atoms with Crippen molar-refractivity contribution in [3.63, 3.8) is 0 Å². The third kappa shape index (κ3) is 6.74. The van der Waals surface area contributed by atoms with Gasteiger partial charge < -0.3 is 20.1 Å². The van der Waals surface area contributed by atoms with Crippen LogP contribution in [-0.4, -0.2) is 31.1 Å². The summed E-state index contributed by atoms with van der Waals surface area (Å²) in [4.78, 5) is 25.6. The largest absolute Gasteiger partial charge is 0.490 e. The second kappa shape index (κ2) is 11.4. The Morgan fingerprint density at radius 3 is 2.06 bits per heavy atom. The number of nitrogens with one attached hydrogen (secondary N) is 2. The lowest BCUT2D eigenvalue weighted by Crippen LogP contribution is -2.50. The van der Waals surface area contributed by atoms with Gasteiger partial charge in [0.05, 0.1) is 19.3 Å². The molecule has 2 unspecified atom stereocenters. The summed E-state index contributed by atoms with van der Waals surface area (Å²) in [5.41, 5.74) is 2.50. The van der Waals surface area contributed by atoms with Crippen LogP contribution in [0.5, 0.6) is 11.5 Å². The summed E-state index contributed by atoms with van der Waals surface area (Å²) >= 11 is 0. The number of carbonyl (C=O) groups excluding carboxylic acids is 2. The lowest BCUT2D eigenvalue weighted by molar-refractivity contribution is -0.124. The van der Waals surface area contributed by atoms with Crippen molar-refractivity contribution in [2.24, 2.45) is 5.92 Å². The van der Waals surface area contributed by atoms with Crippen molar-refractivity contribution in [1.82, 2.24) is 10.6 Å². The summed E-state index contributed by atoms with van der Waals surface area (Å²) in [5, 5.41) is 5.88. The van der Waals surface area contributed by atoms with E-state index in [9.17, 15) is 9.59 Å². The first-order chi connectivity index (χ1) is 14.8. The Morgan fingerprint density at radius 1 is 0.871 bits per heavy atom. The van der Waals surface area contributed by atoms with E-state index in [0.717, 1.165) is 11.1 Å². The van der Waals surface area contributed by atoms with E-state index >= 15 is 0 Å². The van der Waals surface area contributed by atoms with E-state index in [1.165, 1.54) is 0 Å². The predicted molar refractivity (Wildman–Crippen MR) is 123 cm³/mol. The Bertz CT molecular complexity index is 878. The Labute approximate surface area is 185 Å². The van der Waals surface area contributed by atoms with Gasteiger partial charge in [0.25, 0.3) is 5.91 Å². The number of amides is 2. The molecule has 2 N–H and O–H groups in total. The van der Waals surface area contributed by atoms with Gasteiger partial charge in [-0.15, -0.1) is 0 Å². The third-order valence-electron chi connectivity index (χ3n) is 4.98. The maximum atomic E-state index is 13.0. The smallest absolute Gasteiger partial charge is 0.251 e. The molecule has 0 fully saturated rings. The summed E-state index contributed by atoms with van der Waals surface area (Å²) in [5.74, 6) is 0.769. The van der Waals surface area contributed by atoms with Gasteiger partial charge in [0, 0.05) is 5.56 Å². The molecule has 0 aliphatic heterocycles. The van der Waals surface area contributed by atoms with E-state index in [1.807, 2.05) is 71.9 Å². The fraction of sp³-hybridized carbons (Fsp3) is 0.440. The zero-order valence-electron chi connectivity index (χ0n) is 19.3. The highest BCUT2D eigenvalue weighted by Crippen LogP contribution is 2.30. The summed E-state index contributed by atoms with van der Waals surface area (Å²) in [6.07, 6.45) is 0. The normalized spacial score (nSPS) is 12.7. The lowest BCUT2D eigenvalue weighted by atomic mass is 10.0. The number of carbonyl (C=O) groups is 2. The minimum atomic E-state index is -0.648. The maximum absolute atomic E-state index is 13.0. The third-order valence-corrected chi connectivity index (χ3v) is 4.98. The standard InChI is InChI=1S/C25H34N2O4/c1-7-30-21-14-13-20(15-22(21)31-8-2)18(6)26-25(29)23(16(3)4)27-24(28)19-11-9-17(5)10-12-19/h9-16,18,23H,7-8H2,1-6H3,(H,26,29)(H,27,28). The molecule has 2 atom stereocenters. The number of rotatable bonds is 10. The molecule has 2 aromatic carbocycles. The predicted octanol–water partition coefficient (Wildman–Crippen LogP) is 4.42. The van der Waals surface area contributed by atoms with Gasteiger partial charge in [0.15, 0.2) is 11.5 Å². The molecule has 0 saturated heterocycles. The molecule has 6 heteroatoms. The second-order valence-corrected chi connectivity index (χ2v) is 7.86. The SMILES string of the molecule is CCOc1ccc(C(C)NC(=O)C(NC(=O)c2ccc(C)cc2)C(C)C)cc1OCC. The van der Waals surface area contributed by atoms with E-state index in [4.69, 9.17) is 9.47 Å². The molecule has 2 aromatic rings. The molecule has 168 valence electrons. The fourth-order valence-corrected chi connectivity index (χ4v) is 3.19. The minimum Gasteiger partial charge on any atom is -0.490 e. The molecule has 6 nitrogen and oxygen atoms in total. The van der Waals surface area contributed by atoms with E-state index in [-0.39, 0.29) is 23.8 Å². The van der Waals surface area contributed by atoms with Gasteiger partial charge in [-0.05, 0) is 63.4 Å². The maximum Gasteiger partial charge on any atom is 0.251 e. The molecule has 31 heavy (non-hydrogen) atoms. The van der Waals surface area contributed by atoms with Gasteiger partial charge in [0.1, 0.15) is 6.04 Å². The van der Waals surface area contributed by atoms with Crippen LogP contribution in [0.1, 0.15) is 62.1 Å². The van der Waals surface area contributed by atoms with Gasteiger partial charge in [-0.1, -0.05) is 37.6 Å². The first-order valence-corrected chi connectivity index (χ1v) is 10.8. The van der Waals surface area contributed by atoms with Crippen LogP contribution in [0.3, 0.4) is 0 Å². The Hall–Kier alpha value is -3.02. The molecular weight excluding hydrogens is 392 g/mol. The van der Waals surface area contributed by atoms with Crippen LogP contribution in [0.2, 0.25) is 0 Å². The molecule has 2 rings (SSSR count). The van der Waals surface area contributed by atoms with Gasteiger partial charge in [-0.3, -0.25) is 9.59 Å². The minimum absolute atomic E-state index is 0.0686. The molecule has 0 radical (unpaired) electrons. The Kier molecular flexibility index (Phi) is 8.91. The molecule has 0 heterocycles. The number of hydrogen-bond acceptors (Lipinski definition) is 4. The average Bonchev–Trinajstić information content (AvgIpc) is 2.73. The quantitative estimate of drug-likeness (QED) is 0.589. The van der Waals surface area contributed by atoms with Crippen LogP contribution in [0.4, 0.5) is 0 Å². The molecule has 0 saturated carbocycles. The zero-order chi connectivity index (χ0) is 23.0. The van der Waals surface area contributed by atoms with E-state index < -0.39 is 6.04 Å². The molecule has 0 spiro atoms. The van der Waals surface area contributed by atoms with Crippen LogP contribution in [0, 0.1) is 12.8 Å². The van der Waals surface area contributed by atoms with Gasteiger partial charge in [-0.25, -0.2) is 0 Å². The van der Waals surface area contributed by atoms with Crippen LogP contribution in [0.25, 0.3) is 0 Å². The average molecular weight is 427 g/mol. The highest BCUT2D eigenvalue weighted by atomic mass is 16.5. The van der Waals surface area contributed by atoms with Crippen LogP contribution >= 0.6 is 0 Å². The number of benzene rings is 2. The van der Waals surface area contributed by atoms with E-state index in [1.54, 1.807) is 12.1 Å². The number of hydrogen-bond donors (Lipinski definition) is 2. The molecule has 0 aliphatic carbocycles. The van der Waals surface area contributed by atoms with Crippen LogP contribution in [-0.2, 0) is 4.79 Å². The van der Waals surface area contributed by atoms with Crippen molar-refractivity contribution in [2.45, 2.75) is 53.6 Å². The Balaban J connectivity index is 2.11. The monoisotopic (exact) mass is 426 g/mol. The summed E-state index contributed by atoms with van der Waals surface area (Å²) in [6.45, 7) is 12.6. The molecule has 0 bridgehead atoms. The van der Waals surface area contributed by atoms with E-state index in [0.29, 0.717) is 30.3 Å². The van der Waals surface area contributed by atoms with Gasteiger partial charge >= 0.3 is 0 Å². The molecule has 2 amide bonds. The summed E-state index contributed by atoms with van der Waals surface area (Å²) < 4.78 is 11.3.